The topological polar surface area (TPSA) is 38.3 Å². The van der Waals surface area contributed by atoms with E-state index in [0.29, 0.717) is 12.0 Å². The summed E-state index contributed by atoms with van der Waals surface area (Å²) < 4.78 is 6.93. The minimum Gasteiger partial charge on any atom is -0.414 e. The molecule has 3 nitrogen and oxygen atoms in total. The highest BCUT2D eigenvalue weighted by Gasteiger charge is 2.40. The Kier molecular flexibility index (Phi) is 10.5. The largest absolute Gasteiger partial charge is 0.414 e. The van der Waals surface area contributed by atoms with Crippen LogP contribution >= 0.6 is 0 Å². The molecule has 0 saturated heterocycles. The Bertz CT molecular complexity index is 507. The minimum atomic E-state index is -1.80. The van der Waals surface area contributed by atoms with Gasteiger partial charge in [-0.25, -0.2) is 0 Å². The first kappa shape index (κ1) is 25.4. The van der Waals surface area contributed by atoms with Gasteiger partial charge < -0.3 is 9.74 Å². The smallest absolute Gasteiger partial charge is 0.223 e. The molecule has 1 aliphatic rings. The summed E-state index contributed by atoms with van der Waals surface area (Å²) in [5.74, 6) is 0.972. The first-order chi connectivity index (χ1) is 13.0. The summed E-state index contributed by atoms with van der Waals surface area (Å²) in [6.07, 6.45) is 11.1. The summed E-state index contributed by atoms with van der Waals surface area (Å²) in [5.41, 5.74) is 1.45. The van der Waals surface area contributed by atoms with E-state index in [1.807, 2.05) is 0 Å². The molecule has 1 rings (SSSR count). The third kappa shape index (κ3) is 8.02. The molecule has 0 aromatic rings. The van der Waals surface area contributed by atoms with Crippen molar-refractivity contribution in [3.63, 3.8) is 0 Å². The van der Waals surface area contributed by atoms with Crippen LogP contribution in [0.15, 0.2) is 11.6 Å². The molecule has 3 atom stereocenters. The lowest BCUT2D eigenvalue weighted by molar-refractivity contribution is -0.125. The molecule has 0 aromatic carbocycles. The van der Waals surface area contributed by atoms with E-state index < -0.39 is 8.32 Å². The fourth-order valence-electron chi connectivity index (χ4n) is 3.84. The van der Waals surface area contributed by atoms with E-state index in [0.717, 1.165) is 57.9 Å². The third-order valence-electron chi connectivity index (χ3n) is 7.05. The van der Waals surface area contributed by atoms with E-state index in [4.69, 9.17) is 4.43 Å². The number of carbonyl (C=O) groups excluding carboxylic acids is 1. The monoisotopic (exact) mass is 409 g/mol. The standard InChI is InChI=1S/C24H47NO2Si/c1-9-20-15-12-18-25-23(26)21(10-2)14-11-13-19(3)16-17-22(20)27-28(7,8)24(4,5)6/h13,20-22H,9-12,14-18H2,1-8H3,(H,25,26)/b19-13+/t20-,21-,22-/m1/s1. The summed E-state index contributed by atoms with van der Waals surface area (Å²) in [6, 6.07) is 0. The number of amides is 1. The maximum atomic E-state index is 12.5. The lowest BCUT2D eigenvalue weighted by Crippen LogP contribution is -2.46. The fraction of sp³-hybridized carbons (Fsp3) is 0.875. The second kappa shape index (κ2) is 11.5. The van der Waals surface area contributed by atoms with Crippen LogP contribution in [-0.4, -0.2) is 26.9 Å². The maximum Gasteiger partial charge on any atom is 0.223 e. The molecule has 164 valence electrons. The molecule has 1 amide bonds. The molecule has 0 radical (unpaired) electrons. The zero-order valence-electron chi connectivity index (χ0n) is 20.0. The van der Waals surface area contributed by atoms with E-state index in [2.05, 4.69) is 66.0 Å². The Morgan fingerprint density at radius 1 is 1.14 bits per heavy atom. The van der Waals surface area contributed by atoms with E-state index in [1.54, 1.807) is 0 Å². The lowest BCUT2D eigenvalue weighted by Gasteiger charge is -2.41. The highest BCUT2D eigenvalue weighted by molar-refractivity contribution is 6.74. The van der Waals surface area contributed by atoms with Gasteiger partial charge in [0.1, 0.15) is 0 Å². The van der Waals surface area contributed by atoms with Crippen molar-refractivity contribution in [2.45, 2.75) is 117 Å². The van der Waals surface area contributed by atoms with Gasteiger partial charge in [0.15, 0.2) is 8.32 Å². The molecule has 0 aliphatic carbocycles. The molecule has 0 unspecified atom stereocenters. The lowest BCUT2D eigenvalue weighted by atomic mass is 9.89. The van der Waals surface area contributed by atoms with Crippen molar-refractivity contribution in [2.24, 2.45) is 11.8 Å². The SMILES string of the molecule is CC[C@@H]1CC/C=C(\C)CC[C@@H](O[Si](C)(C)C(C)(C)C)[C@H](CC)CCCNC1=O. The van der Waals surface area contributed by atoms with Crippen LogP contribution in [0.4, 0.5) is 0 Å². The van der Waals surface area contributed by atoms with Crippen LogP contribution in [0.25, 0.3) is 0 Å². The van der Waals surface area contributed by atoms with Gasteiger partial charge in [0.2, 0.25) is 5.91 Å². The molecule has 1 aliphatic heterocycles. The van der Waals surface area contributed by atoms with Gasteiger partial charge in [-0.15, -0.1) is 0 Å². The van der Waals surface area contributed by atoms with Crippen LogP contribution in [0.5, 0.6) is 0 Å². The Balaban J connectivity index is 2.96. The average Bonchev–Trinajstić information content (AvgIpc) is 2.60. The zero-order valence-corrected chi connectivity index (χ0v) is 21.0. The van der Waals surface area contributed by atoms with Crippen LogP contribution in [0.1, 0.15) is 92.9 Å². The summed E-state index contributed by atoms with van der Waals surface area (Å²) in [6.45, 7) is 19.2. The van der Waals surface area contributed by atoms with Gasteiger partial charge in [0, 0.05) is 18.6 Å². The Hall–Kier alpha value is -0.613. The van der Waals surface area contributed by atoms with E-state index in [-0.39, 0.29) is 16.9 Å². The molecule has 0 saturated carbocycles. The summed E-state index contributed by atoms with van der Waals surface area (Å²) in [7, 11) is -1.80. The second-order valence-corrected chi connectivity index (χ2v) is 15.0. The molecule has 0 aromatic heterocycles. The van der Waals surface area contributed by atoms with E-state index in [1.165, 1.54) is 5.57 Å². The molecular weight excluding hydrogens is 362 g/mol. The third-order valence-corrected chi connectivity index (χ3v) is 11.6. The van der Waals surface area contributed by atoms with Crippen molar-refractivity contribution in [1.29, 1.82) is 0 Å². The maximum absolute atomic E-state index is 12.5. The van der Waals surface area contributed by atoms with Gasteiger partial charge in [0.25, 0.3) is 0 Å². The number of hydrogen-bond acceptors (Lipinski definition) is 2. The summed E-state index contributed by atoms with van der Waals surface area (Å²) in [4.78, 5) is 12.5. The second-order valence-electron chi connectivity index (χ2n) is 10.3. The van der Waals surface area contributed by atoms with Crippen molar-refractivity contribution in [3.05, 3.63) is 11.6 Å². The van der Waals surface area contributed by atoms with Gasteiger partial charge >= 0.3 is 0 Å². The van der Waals surface area contributed by atoms with E-state index in [9.17, 15) is 4.79 Å². The number of nitrogens with one attached hydrogen (secondary N) is 1. The van der Waals surface area contributed by atoms with Crippen molar-refractivity contribution in [1.82, 2.24) is 5.32 Å². The van der Waals surface area contributed by atoms with Crippen molar-refractivity contribution < 1.29 is 9.22 Å². The van der Waals surface area contributed by atoms with Gasteiger partial charge in [-0.1, -0.05) is 52.7 Å². The summed E-state index contributed by atoms with van der Waals surface area (Å²) >= 11 is 0. The van der Waals surface area contributed by atoms with Gasteiger partial charge in [-0.3, -0.25) is 4.79 Å². The van der Waals surface area contributed by atoms with Crippen LogP contribution in [0, 0.1) is 11.8 Å². The molecule has 0 bridgehead atoms. The first-order valence-electron chi connectivity index (χ1n) is 11.6. The molecule has 0 fully saturated rings. The Morgan fingerprint density at radius 3 is 2.39 bits per heavy atom. The van der Waals surface area contributed by atoms with Crippen molar-refractivity contribution in [3.8, 4) is 0 Å². The van der Waals surface area contributed by atoms with Crippen LogP contribution in [0.3, 0.4) is 0 Å². The number of rotatable bonds is 4. The Morgan fingerprint density at radius 2 is 1.82 bits per heavy atom. The number of allylic oxidation sites excluding steroid dienone is 2. The first-order valence-corrected chi connectivity index (χ1v) is 14.5. The molecule has 28 heavy (non-hydrogen) atoms. The average molecular weight is 410 g/mol. The van der Waals surface area contributed by atoms with Crippen LogP contribution in [0.2, 0.25) is 18.1 Å². The fourth-order valence-corrected chi connectivity index (χ4v) is 5.26. The van der Waals surface area contributed by atoms with E-state index >= 15 is 0 Å². The molecular formula is C24H47NO2Si. The molecule has 4 heteroatoms. The predicted octanol–water partition coefficient (Wildman–Crippen LogP) is 6.85. The minimum absolute atomic E-state index is 0.156. The van der Waals surface area contributed by atoms with Crippen molar-refractivity contribution in [2.75, 3.05) is 6.54 Å². The highest BCUT2D eigenvalue weighted by atomic mass is 28.4. The number of carbonyl (C=O) groups is 1. The summed E-state index contributed by atoms with van der Waals surface area (Å²) in [5, 5.41) is 3.42. The normalized spacial score (nSPS) is 28.8. The van der Waals surface area contributed by atoms with Crippen molar-refractivity contribution >= 4 is 14.2 Å². The van der Waals surface area contributed by atoms with Crippen LogP contribution < -0.4 is 5.32 Å². The highest BCUT2D eigenvalue weighted by Crippen LogP contribution is 2.39. The molecule has 1 N–H and O–H groups in total. The quantitative estimate of drug-likeness (QED) is 0.407. The molecule has 0 spiro atoms. The zero-order chi connectivity index (χ0) is 21.4. The predicted molar refractivity (Wildman–Crippen MR) is 124 cm³/mol. The molecule has 1 heterocycles. The van der Waals surface area contributed by atoms with Gasteiger partial charge in [0.05, 0.1) is 0 Å². The van der Waals surface area contributed by atoms with Gasteiger partial charge in [-0.2, -0.15) is 0 Å². The number of hydrogen-bond donors (Lipinski definition) is 1. The Labute approximate surface area is 176 Å². The van der Waals surface area contributed by atoms with Gasteiger partial charge in [-0.05, 0) is 75.9 Å². The van der Waals surface area contributed by atoms with Crippen LogP contribution in [-0.2, 0) is 9.22 Å².